The van der Waals surface area contributed by atoms with Gasteiger partial charge in [0.1, 0.15) is 0 Å². The van der Waals surface area contributed by atoms with E-state index in [2.05, 4.69) is 20.9 Å². The third kappa shape index (κ3) is 2.02. The first-order valence-electron chi connectivity index (χ1n) is 4.32. The molecule has 0 aliphatic rings. The molecule has 15 heavy (non-hydrogen) atoms. The molecule has 1 aromatic carbocycles. The number of rotatable bonds is 1. The summed E-state index contributed by atoms with van der Waals surface area (Å²) in [6.07, 6.45) is 1.88. The Hall–Kier alpha value is -0.580. The van der Waals surface area contributed by atoms with Crippen molar-refractivity contribution >= 4 is 39.7 Å². The molecule has 2 nitrogen and oxygen atoms in total. The van der Waals surface area contributed by atoms with Crippen molar-refractivity contribution in [2.24, 2.45) is 0 Å². The number of aryl methyl sites for hydroxylation is 1. The van der Waals surface area contributed by atoms with Crippen LogP contribution in [-0.2, 0) is 0 Å². The molecule has 0 atom stereocenters. The maximum atomic E-state index is 5.93. The van der Waals surface area contributed by atoms with Crippen LogP contribution in [0.2, 0.25) is 5.02 Å². The summed E-state index contributed by atoms with van der Waals surface area (Å²) in [7, 11) is 0. The predicted molar refractivity (Wildman–Crippen MR) is 68.4 cm³/mol. The van der Waals surface area contributed by atoms with Gasteiger partial charge >= 0.3 is 0 Å². The molecule has 0 saturated carbocycles. The van der Waals surface area contributed by atoms with E-state index in [1.807, 2.05) is 35.9 Å². The Labute approximate surface area is 106 Å². The molecule has 2 aromatic rings. The van der Waals surface area contributed by atoms with E-state index in [0.717, 1.165) is 15.9 Å². The Morgan fingerprint density at radius 3 is 2.73 bits per heavy atom. The summed E-state index contributed by atoms with van der Waals surface area (Å²) in [5.41, 5.74) is 2.06. The average molecular weight is 304 g/mol. The summed E-state index contributed by atoms with van der Waals surface area (Å²) in [6, 6.07) is 5.72. The predicted octanol–water partition coefficient (Wildman–Crippen LogP) is 4.26. The second-order valence-corrected chi connectivity index (χ2v) is 4.82. The van der Waals surface area contributed by atoms with Gasteiger partial charge in [-0.15, -0.1) is 0 Å². The Bertz CT molecular complexity index is 559. The van der Waals surface area contributed by atoms with Gasteiger partial charge in [-0.25, -0.2) is 0 Å². The number of imidazole rings is 1. The molecule has 0 aliphatic carbocycles. The fourth-order valence-corrected chi connectivity index (χ4v) is 2.19. The highest BCUT2D eigenvalue weighted by Crippen LogP contribution is 2.25. The lowest BCUT2D eigenvalue weighted by Gasteiger charge is -2.06. The van der Waals surface area contributed by atoms with Gasteiger partial charge in [-0.2, -0.15) is 0 Å². The normalized spacial score (nSPS) is 10.6. The van der Waals surface area contributed by atoms with Crippen LogP contribution in [0, 0.1) is 11.7 Å². The van der Waals surface area contributed by atoms with Crippen molar-refractivity contribution in [3.05, 3.63) is 44.4 Å². The number of aromatic amines is 1. The third-order valence-electron chi connectivity index (χ3n) is 2.12. The number of aromatic nitrogens is 2. The molecule has 0 aliphatic heterocycles. The highest BCUT2D eigenvalue weighted by molar-refractivity contribution is 9.10. The van der Waals surface area contributed by atoms with Crippen LogP contribution in [0.4, 0.5) is 0 Å². The van der Waals surface area contributed by atoms with E-state index in [-0.39, 0.29) is 0 Å². The molecule has 0 spiro atoms. The lowest BCUT2D eigenvalue weighted by Crippen LogP contribution is -1.96. The Balaban J connectivity index is 2.65. The molecule has 1 aromatic heterocycles. The molecule has 5 heteroatoms. The van der Waals surface area contributed by atoms with Crippen LogP contribution in [0.5, 0.6) is 0 Å². The quantitative estimate of drug-likeness (QED) is 0.781. The van der Waals surface area contributed by atoms with E-state index in [0.29, 0.717) is 9.79 Å². The number of nitrogens with one attached hydrogen (secondary N) is 1. The molecule has 78 valence electrons. The first-order valence-corrected chi connectivity index (χ1v) is 5.90. The largest absolute Gasteiger partial charge is 0.337 e. The Morgan fingerprint density at radius 2 is 2.20 bits per heavy atom. The van der Waals surface area contributed by atoms with Crippen molar-refractivity contribution in [3.63, 3.8) is 0 Å². The van der Waals surface area contributed by atoms with E-state index in [1.54, 1.807) is 0 Å². The molecular formula is C10H8BrClN2S. The van der Waals surface area contributed by atoms with Crippen molar-refractivity contribution < 1.29 is 0 Å². The smallest absolute Gasteiger partial charge is 0.182 e. The van der Waals surface area contributed by atoms with Gasteiger partial charge in [-0.3, -0.25) is 4.57 Å². The van der Waals surface area contributed by atoms with E-state index in [4.69, 9.17) is 23.8 Å². The molecule has 1 N–H and O–H groups in total. The lowest BCUT2D eigenvalue weighted by molar-refractivity contribution is 0.984. The summed E-state index contributed by atoms with van der Waals surface area (Å²) >= 11 is 14.5. The molecule has 0 unspecified atom stereocenters. The average Bonchev–Trinajstić information content (AvgIpc) is 2.52. The molecule has 0 fully saturated rings. The standard InChI is InChI=1S/C10H8BrClN2S/c1-6-5-13-10(15)14(6)7-2-3-9(12)8(11)4-7/h2-5H,1H3,(H,13,15). The van der Waals surface area contributed by atoms with Crippen molar-refractivity contribution in [2.45, 2.75) is 6.92 Å². The van der Waals surface area contributed by atoms with Crippen LogP contribution in [0.1, 0.15) is 5.69 Å². The number of nitrogens with zero attached hydrogens (tertiary/aromatic N) is 1. The maximum Gasteiger partial charge on any atom is 0.182 e. The van der Waals surface area contributed by atoms with Gasteiger partial charge in [0.15, 0.2) is 4.77 Å². The number of hydrogen-bond donors (Lipinski definition) is 1. The zero-order chi connectivity index (χ0) is 11.0. The van der Waals surface area contributed by atoms with Crippen LogP contribution < -0.4 is 0 Å². The molecular weight excluding hydrogens is 296 g/mol. The lowest BCUT2D eigenvalue weighted by atomic mass is 10.3. The summed E-state index contributed by atoms with van der Waals surface area (Å²) < 4.78 is 3.50. The number of H-pyrrole nitrogens is 1. The number of benzene rings is 1. The topological polar surface area (TPSA) is 20.7 Å². The molecule has 1 heterocycles. The van der Waals surface area contributed by atoms with Gasteiger partial charge in [0.2, 0.25) is 0 Å². The zero-order valence-electron chi connectivity index (χ0n) is 7.92. The first kappa shape index (κ1) is 10.9. The SMILES string of the molecule is Cc1c[nH]c(=S)n1-c1ccc(Cl)c(Br)c1. The number of hydrogen-bond acceptors (Lipinski definition) is 1. The van der Waals surface area contributed by atoms with Crippen LogP contribution in [0.25, 0.3) is 5.69 Å². The second kappa shape index (κ2) is 4.12. The minimum atomic E-state index is 0.682. The van der Waals surface area contributed by atoms with Gasteiger partial charge < -0.3 is 4.98 Å². The van der Waals surface area contributed by atoms with E-state index >= 15 is 0 Å². The van der Waals surface area contributed by atoms with Crippen LogP contribution >= 0.6 is 39.7 Å². The van der Waals surface area contributed by atoms with E-state index in [9.17, 15) is 0 Å². The van der Waals surface area contributed by atoms with Gasteiger partial charge in [0.25, 0.3) is 0 Å². The third-order valence-corrected chi connectivity index (χ3v) is 3.64. The second-order valence-electron chi connectivity index (χ2n) is 3.17. The summed E-state index contributed by atoms with van der Waals surface area (Å²) in [5, 5.41) is 0.693. The first-order chi connectivity index (χ1) is 7.09. The molecule has 2 rings (SSSR count). The fraction of sp³-hybridized carbons (Fsp3) is 0.100. The molecule has 0 bridgehead atoms. The highest BCUT2D eigenvalue weighted by atomic mass is 79.9. The van der Waals surface area contributed by atoms with Gasteiger partial charge in [-0.05, 0) is 53.3 Å². The zero-order valence-corrected chi connectivity index (χ0v) is 11.1. The number of halogens is 2. The van der Waals surface area contributed by atoms with Gasteiger partial charge in [0.05, 0.1) is 5.02 Å². The molecule has 0 saturated heterocycles. The van der Waals surface area contributed by atoms with E-state index in [1.165, 1.54) is 0 Å². The minimum absolute atomic E-state index is 0.682. The van der Waals surface area contributed by atoms with Crippen LogP contribution in [0.15, 0.2) is 28.9 Å². The molecule has 0 amide bonds. The summed E-state index contributed by atoms with van der Waals surface area (Å²) in [6.45, 7) is 1.99. The monoisotopic (exact) mass is 302 g/mol. The Kier molecular flexibility index (Phi) is 3.00. The maximum absolute atomic E-state index is 5.93. The van der Waals surface area contributed by atoms with Crippen LogP contribution in [0.3, 0.4) is 0 Å². The van der Waals surface area contributed by atoms with Crippen molar-refractivity contribution in [3.8, 4) is 5.69 Å². The van der Waals surface area contributed by atoms with Gasteiger partial charge in [0, 0.05) is 22.1 Å². The van der Waals surface area contributed by atoms with Crippen LogP contribution in [-0.4, -0.2) is 9.55 Å². The molecule has 0 radical (unpaired) electrons. The Morgan fingerprint density at radius 1 is 1.47 bits per heavy atom. The highest BCUT2D eigenvalue weighted by Gasteiger charge is 2.04. The summed E-state index contributed by atoms with van der Waals surface area (Å²) in [4.78, 5) is 3.00. The van der Waals surface area contributed by atoms with E-state index < -0.39 is 0 Å². The van der Waals surface area contributed by atoms with Crippen molar-refractivity contribution in [2.75, 3.05) is 0 Å². The summed E-state index contributed by atoms with van der Waals surface area (Å²) in [5.74, 6) is 0. The minimum Gasteiger partial charge on any atom is -0.337 e. The van der Waals surface area contributed by atoms with Gasteiger partial charge in [-0.1, -0.05) is 11.6 Å². The van der Waals surface area contributed by atoms with Crippen molar-refractivity contribution in [1.82, 2.24) is 9.55 Å². The van der Waals surface area contributed by atoms with Crippen molar-refractivity contribution in [1.29, 1.82) is 0 Å². The fourth-order valence-electron chi connectivity index (χ4n) is 1.40.